The van der Waals surface area contributed by atoms with E-state index in [1.165, 1.54) is 23.9 Å². The first kappa shape index (κ1) is 13.5. The van der Waals surface area contributed by atoms with Crippen molar-refractivity contribution in [2.45, 2.75) is 16.5 Å². The molecule has 0 aliphatic heterocycles. The second-order valence-electron chi connectivity index (χ2n) is 3.72. The van der Waals surface area contributed by atoms with Gasteiger partial charge in [-0.3, -0.25) is 0 Å². The van der Waals surface area contributed by atoms with Crippen LogP contribution in [0.15, 0.2) is 50.9 Å². The highest BCUT2D eigenvalue weighted by Gasteiger charge is 2.06. The van der Waals surface area contributed by atoms with E-state index in [-0.39, 0.29) is 5.82 Å². The standard InChI is InChI=1S/C13H12BrFN2S/c1-16-8-9-5-10(15)7-11(6-9)18-13-12(14)3-2-4-17-13/h2-7,16H,8H2,1H3. The lowest BCUT2D eigenvalue weighted by molar-refractivity contribution is 0.619. The minimum Gasteiger partial charge on any atom is -0.316 e. The molecule has 0 unspecified atom stereocenters. The van der Waals surface area contributed by atoms with E-state index in [9.17, 15) is 4.39 Å². The highest BCUT2D eigenvalue weighted by Crippen LogP contribution is 2.32. The van der Waals surface area contributed by atoms with Gasteiger partial charge in [0, 0.05) is 17.6 Å². The third-order valence-electron chi connectivity index (χ3n) is 2.25. The summed E-state index contributed by atoms with van der Waals surface area (Å²) in [6.45, 7) is 0.648. The number of halogens is 2. The van der Waals surface area contributed by atoms with Crippen LogP contribution in [0.4, 0.5) is 4.39 Å². The number of hydrogen-bond acceptors (Lipinski definition) is 3. The summed E-state index contributed by atoms with van der Waals surface area (Å²) in [5.74, 6) is -0.225. The zero-order valence-corrected chi connectivity index (χ0v) is 12.2. The van der Waals surface area contributed by atoms with Crippen LogP contribution in [-0.2, 0) is 6.54 Å². The lowest BCUT2D eigenvalue weighted by Crippen LogP contribution is -2.05. The maximum absolute atomic E-state index is 13.5. The van der Waals surface area contributed by atoms with E-state index in [0.29, 0.717) is 6.54 Å². The van der Waals surface area contributed by atoms with Crippen molar-refractivity contribution in [1.29, 1.82) is 0 Å². The molecular weight excluding hydrogens is 315 g/mol. The number of benzene rings is 1. The number of nitrogens with zero attached hydrogens (tertiary/aromatic N) is 1. The monoisotopic (exact) mass is 326 g/mol. The summed E-state index contributed by atoms with van der Waals surface area (Å²) in [5.41, 5.74) is 0.923. The Morgan fingerprint density at radius 2 is 2.22 bits per heavy atom. The number of rotatable bonds is 4. The van der Waals surface area contributed by atoms with Gasteiger partial charge in [-0.05, 0) is 58.9 Å². The number of nitrogens with one attached hydrogen (secondary N) is 1. The molecule has 94 valence electrons. The van der Waals surface area contributed by atoms with Gasteiger partial charge in [0.05, 0.1) is 4.47 Å². The van der Waals surface area contributed by atoms with Gasteiger partial charge in [0.25, 0.3) is 0 Å². The van der Waals surface area contributed by atoms with Gasteiger partial charge in [-0.15, -0.1) is 0 Å². The summed E-state index contributed by atoms with van der Waals surface area (Å²) in [4.78, 5) is 5.10. The van der Waals surface area contributed by atoms with Gasteiger partial charge >= 0.3 is 0 Å². The van der Waals surface area contributed by atoms with E-state index in [1.54, 1.807) is 6.20 Å². The SMILES string of the molecule is CNCc1cc(F)cc(Sc2ncccc2Br)c1. The van der Waals surface area contributed by atoms with Gasteiger partial charge in [-0.2, -0.15) is 0 Å². The second kappa shape index (κ2) is 6.31. The molecule has 1 aromatic heterocycles. The fourth-order valence-electron chi connectivity index (χ4n) is 1.54. The van der Waals surface area contributed by atoms with Crippen LogP contribution in [0.2, 0.25) is 0 Å². The molecule has 1 aromatic carbocycles. The van der Waals surface area contributed by atoms with Gasteiger partial charge in [-0.25, -0.2) is 9.37 Å². The van der Waals surface area contributed by atoms with Crippen molar-refractivity contribution in [2.75, 3.05) is 7.05 Å². The highest BCUT2D eigenvalue weighted by atomic mass is 79.9. The second-order valence-corrected chi connectivity index (χ2v) is 5.63. The van der Waals surface area contributed by atoms with E-state index < -0.39 is 0 Å². The maximum Gasteiger partial charge on any atom is 0.124 e. The van der Waals surface area contributed by atoms with Gasteiger partial charge in [0.1, 0.15) is 10.8 Å². The molecule has 0 amide bonds. The maximum atomic E-state index is 13.5. The van der Waals surface area contributed by atoms with Crippen molar-refractivity contribution in [3.63, 3.8) is 0 Å². The molecule has 0 aliphatic rings. The molecule has 1 N–H and O–H groups in total. The van der Waals surface area contributed by atoms with Crippen molar-refractivity contribution < 1.29 is 4.39 Å². The topological polar surface area (TPSA) is 24.9 Å². The first-order valence-electron chi connectivity index (χ1n) is 5.41. The van der Waals surface area contributed by atoms with Crippen LogP contribution >= 0.6 is 27.7 Å². The van der Waals surface area contributed by atoms with E-state index in [0.717, 1.165) is 20.0 Å². The first-order valence-corrected chi connectivity index (χ1v) is 7.02. The van der Waals surface area contributed by atoms with Crippen molar-refractivity contribution in [2.24, 2.45) is 0 Å². The predicted molar refractivity (Wildman–Crippen MR) is 75.2 cm³/mol. The van der Waals surface area contributed by atoms with Crippen LogP contribution < -0.4 is 5.32 Å². The fourth-order valence-corrected chi connectivity index (χ4v) is 2.93. The Balaban J connectivity index is 2.26. The van der Waals surface area contributed by atoms with E-state index in [1.807, 2.05) is 25.2 Å². The Bertz CT molecular complexity index is 548. The van der Waals surface area contributed by atoms with Crippen LogP contribution in [0, 0.1) is 5.82 Å². The molecular formula is C13H12BrFN2S. The van der Waals surface area contributed by atoms with Crippen molar-refractivity contribution in [1.82, 2.24) is 10.3 Å². The summed E-state index contributed by atoms with van der Waals surface area (Å²) in [5, 5.41) is 3.84. The van der Waals surface area contributed by atoms with Crippen LogP contribution in [0.1, 0.15) is 5.56 Å². The van der Waals surface area contributed by atoms with Gasteiger partial charge < -0.3 is 5.32 Å². The van der Waals surface area contributed by atoms with E-state index in [4.69, 9.17) is 0 Å². The molecule has 0 atom stereocenters. The smallest absolute Gasteiger partial charge is 0.124 e. The zero-order chi connectivity index (χ0) is 13.0. The highest BCUT2D eigenvalue weighted by molar-refractivity contribution is 9.10. The van der Waals surface area contributed by atoms with Crippen molar-refractivity contribution >= 4 is 27.7 Å². The quantitative estimate of drug-likeness (QED) is 0.923. The summed E-state index contributed by atoms with van der Waals surface area (Å²) < 4.78 is 14.4. The van der Waals surface area contributed by atoms with Crippen LogP contribution in [0.3, 0.4) is 0 Å². The normalized spacial score (nSPS) is 10.6. The molecule has 2 nitrogen and oxygen atoms in total. The molecule has 18 heavy (non-hydrogen) atoms. The fraction of sp³-hybridized carbons (Fsp3) is 0.154. The summed E-state index contributed by atoms with van der Waals surface area (Å²) >= 11 is 4.87. The molecule has 0 saturated heterocycles. The molecule has 0 bridgehead atoms. The molecule has 1 heterocycles. The Labute approximate surface area is 118 Å². The Kier molecular flexibility index (Phi) is 4.74. The van der Waals surface area contributed by atoms with E-state index in [2.05, 4.69) is 26.2 Å². The van der Waals surface area contributed by atoms with Crippen LogP contribution in [-0.4, -0.2) is 12.0 Å². The van der Waals surface area contributed by atoms with Gasteiger partial charge in [0.2, 0.25) is 0 Å². The van der Waals surface area contributed by atoms with E-state index >= 15 is 0 Å². The number of aromatic nitrogens is 1. The number of pyridine rings is 1. The zero-order valence-electron chi connectivity index (χ0n) is 9.78. The lowest BCUT2D eigenvalue weighted by atomic mass is 10.2. The largest absolute Gasteiger partial charge is 0.316 e. The predicted octanol–water partition coefficient (Wildman–Crippen LogP) is 3.85. The van der Waals surface area contributed by atoms with Crippen LogP contribution in [0.5, 0.6) is 0 Å². The summed E-state index contributed by atoms with van der Waals surface area (Å²) in [7, 11) is 1.84. The molecule has 5 heteroatoms. The molecule has 0 spiro atoms. The molecule has 2 aromatic rings. The Morgan fingerprint density at radius 1 is 1.39 bits per heavy atom. The molecule has 0 radical (unpaired) electrons. The van der Waals surface area contributed by atoms with Gasteiger partial charge in [-0.1, -0.05) is 11.8 Å². The minimum absolute atomic E-state index is 0.225. The van der Waals surface area contributed by atoms with Crippen molar-refractivity contribution in [3.8, 4) is 0 Å². The third-order valence-corrected chi connectivity index (χ3v) is 4.14. The summed E-state index contributed by atoms with van der Waals surface area (Å²) in [6.07, 6.45) is 1.72. The molecule has 0 fully saturated rings. The average molecular weight is 327 g/mol. The lowest BCUT2D eigenvalue weighted by Gasteiger charge is -2.06. The number of hydrogen-bond donors (Lipinski definition) is 1. The molecule has 0 aliphatic carbocycles. The molecule has 0 saturated carbocycles. The van der Waals surface area contributed by atoms with Crippen molar-refractivity contribution in [3.05, 3.63) is 52.4 Å². The van der Waals surface area contributed by atoms with Crippen LogP contribution in [0.25, 0.3) is 0 Å². The Morgan fingerprint density at radius 3 is 2.94 bits per heavy atom. The summed E-state index contributed by atoms with van der Waals surface area (Å²) in [6, 6.07) is 8.79. The Hall–Kier alpha value is -0.910. The van der Waals surface area contributed by atoms with Gasteiger partial charge in [0.15, 0.2) is 0 Å². The first-order chi connectivity index (χ1) is 8.69. The third kappa shape index (κ3) is 3.54. The minimum atomic E-state index is -0.225. The molecule has 2 rings (SSSR count). The average Bonchev–Trinajstić information content (AvgIpc) is 2.32.